The van der Waals surface area contributed by atoms with E-state index in [0.717, 1.165) is 51.4 Å². The summed E-state index contributed by atoms with van der Waals surface area (Å²) >= 11 is 0. The van der Waals surface area contributed by atoms with Crippen LogP contribution in [0.3, 0.4) is 0 Å². The molecule has 0 aromatic carbocycles. The van der Waals surface area contributed by atoms with E-state index in [2.05, 4.69) is 27.7 Å². The van der Waals surface area contributed by atoms with E-state index in [0.29, 0.717) is 24.2 Å². The lowest BCUT2D eigenvalue weighted by Crippen LogP contribution is -2.74. The molecular formula is C28H64O8Si4. The number of rotatable bonds is 20. The van der Waals surface area contributed by atoms with Gasteiger partial charge in [-0.25, -0.2) is 0 Å². The molecule has 0 atom stereocenters. The Labute approximate surface area is 251 Å². The highest BCUT2D eigenvalue weighted by Gasteiger charge is 2.68. The van der Waals surface area contributed by atoms with Crippen molar-refractivity contribution in [3.8, 4) is 0 Å². The molecule has 0 bridgehead atoms. The van der Waals surface area contributed by atoms with Gasteiger partial charge in [0.25, 0.3) is 0 Å². The minimum atomic E-state index is -3.40. The maximum Gasteiger partial charge on any atom is 0.486 e. The number of unbranched alkanes of at least 4 members (excludes halogenated alkanes) is 4. The maximum absolute atomic E-state index is 7.34. The van der Waals surface area contributed by atoms with Gasteiger partial charge in [0, 0.05) is 48.6 Å². The molecule has 1 saturated heterocycles. The molecule has 0 aromatic rings. The summed E-state index contributed by atoms with van der Waals surface area (Å²) in [4.78, 5) is 0. The summed E-state index contributed by atoms with van der Waals surface area (Å²) in [5.41, 5.74) is 0. The van der Waals surface area contributed by atoms with Gasteiger partial charge >= 0.3 is 35.2 Å². The zero-order valence-electron chi connectivity index (χ0n) is 28.1. The highest BCUT2D eigenvalue weighted by atomic mass is 28.6. The van der Waals surface area contributed by atoms with Gasteiger partial charge in [-0.1, -0.05) is 53.4 Å². The smallest absolute Gasteiger partial charge is 0.372 e. The predicted molar refractivity (Wildman–Crippen MR) is 171 cm³/mol. The van der Waals surface area contributed by atoms with Crippen LogP contribution in [-0.4, -0.2) is 59.6 Å². The van der Waals surface area contributed by atoms with Crippen LogP contribution >= 0.6 is 0 Å². The van der Waals surface area contributed by atoms with Gasteiger partial charge in [-0.15, -0.1) is 0 Å². The van der Waals surface area contributed by atoms with Gasteiger partial charge < -0.3 is 34.2 Å². The van der Waals surface area contributed by atoms with Gasteiger partial charge in [-0.2, -0.15) is 0 Å². The SMILES string of the molecule is CCCC[Si]1(OC(C)C)O[Si](CCCC)(OC(C)C)O[Si](CCCC)(OC(C)C)O[Si](CCCC)(OC(C)C)O1. The second kappa shape index (κ2) is 18.4. The van der Waals surface area contributed by atoms with Gasteiger partial charge in [0.15, 0.2) is 0 Å². The molecule has 0 amide bonds. The average molecular weight is 641 g/mol. The van der Waals surface area contributed by atoms with Crippen molar-refractivity contribution in [1.82, 2.24) is 0 Å². The minimum Gasteiger partial charge on any atom is -0.372 e. The molecule has 1 aliphatic heterocycles. The van der Waals surface area contributed by atoms with Crippen LogP contribution in [0.5, 0.6) is 0 Å². The van der Waals surface area contributed by atoms with E-state index >= 15 is 0 Å². The van der Waals surface area contributed by atoms with Gasteiger partial charge in [0.2, 0.25) is 0 Å². The third-order valence-corrected chi connectivity index (χ3v) is 23.4. The van der Waals surface area contributed by atoms with Crippen molar-refractivity contribution < 1.29 is 34.2 Å². The topological polar surface area (TPSA) is 73.8 Å². The van der Waals surface area contributed by atoms with Crippen molar-refractivity contribution in [1.29, 1.82) is 0 Å². The molecule has 0 saturated carbocycles. The molecule has 8 nitrogen and oxygen atoms in total. The molecule has 0 aromatic heterocycles. The van der Waals surface area contributed by atoms with Crippen molar-refractivity contribution in [3.63, 3.8) is 0 Å². The van der Waals surface area contributed by atoms with E-state index in [1.54, 1.807) is 0 Å². The summed E-state index contributed by atoms with van der Waals surface area (Å²) in [5.74, 6) is 0. The van der Waals surface area contributed by atoms with Crippen LogP contribution in [0.4, 0.5) is 0 Å². The Morgan fingerprint density at radius 1 is 0.375 bits per heavy atom. The standard InChI is InChI=1S/C28H64O8Si4/c1-13-17-21-37(29-25(5)6)33-38(22-18-14-2,30-26(7)8)35-40(24-20-16-4,32-28(11)12)36-39(34-37,23-19-15-3)31-27(9)10/h25-28H,13-24H2,1-12H3. The fourth-order valence-corrected chi connectivity index (χ4v) is 25.9. The average Bonchev–Trinajstić information content (AvgIpc) is 2.81. The second-order valence-corrected chi connectivity index (χ2v) is 23.9. The Kier molecular flexibility index (Phi) is 17.7. The van der Waals surface area contributed by atoms with Crippen LogP contribution in [0.2, 0.25) is 24.2 Å². The molecule has 1 aliphatic rings. The third-order valence-electron chi connectivity index (χ3n) is 6.25. The van der Waals surface area contributed by atoms with Crippen LogP contribution in [0, 0.1) is 0 Å². The highest BCUT2D eigenvalue weighted by Crippen LogP contribution is 2.42. The number of hydrogen-bond donors (Lipinski definition) is 0. The monoisotopic (exact) mass is 640 g/mol. The first-order chi connectivity index (χ1) is 18.7. The Balaban J connectivity index is 4.03. The first kappa shape index (κ1) is 38.6. The third kappa shape index (κ3) is 13.0. The van der Waals surface area contributed by atoms with E-state index < -0.39 is 35.2 Å². The lowest BCUT2D eigenvalue weighted by atomic mass is 10.4. The zero-order chi connectivity index (χ0) is 30.5. The quantitative estimate of drug-likeness (QED) is 0.122. The molecule has 0 N–H and O–H groups in total. The van der Waals surface area contributed by atoms with Crippen molar-refractivity contribution in [3.05, 3.63) is 0 Å². The van der Waals surface area contributed by atoms with Gasteiger partial charge in [-0.05, 0) is 81.1 Å². The first-order valence-electron chi connectivity index (χ1n) is 16.3. The lowest BCUT2D eigenvalue weighted by molar-refractivity contribution is -0.0132. The maximum atomic E-state index is 7.34. The molecule has 1 heterocycles. The Bertz CT molecular complexity index is 561. The normalized spacial score (nSPS) is 30.0. The Hall–Kier alpha value is 0.548. The number of hydrogen-bond acceptors (Lipinski definition) is 8. The van der Waals surface area contributed by atoms with Gasteiger partial charge in [0.1, 0.15) is 0 Å². The molecule has 1 fully saturated rings. The highest BCUT2D eigenvalue weighted by molar-refractivity contribution is 6.89. The molecule has 12 heteroatoms. The van der Waals surface area contributed by atoms with Crippen LogP contribution in [0.25, 0.3) is 0 Å². The molecule has 1 rings (SSSR count). The molecule has 240 valence electrons. The summed E-state index contributed by atoms with van der Waals surface area (Å²) in [7, 11) is -13.6. The molecular weight excluding hydrogens is 577 g/mol. The Morgan fingerprint density at radius 2 is 0.550 bits per heavy atom. The predicted octanol–water partition coefficient (Wildman–Crippen LogP) is 8.72. The molecule has 40 heavy (non-hydrogen) atoms. The summed E-state index contributed by atoms with van der Waals surface area (Å²) in [5, 5.41) is 0. The van der Waals surface area contributed by atoms with Crippen molar-refractivity contribution >= 4 is 35.2 Å². The van der Waals surface area contributed by atoms with Gasteiger partial charge in [-0.3, -0.25) is 0 Å². The second-order valence-electron chi connectivity index (χ2n) is 12.2. The fourth-order valence-electron chi connectivity index (χ4n) is 4.88. The summed E-state index contributed by atoms with van der Waals surface area (Å²) in [6, 6.07) is 2.70. The van der Waals surface area contributed by atoms with Crippen LogP contribution in [0.15, 0.2) is 0 Å². The van der Waals surface area contributed by atoms with E-state index in [4.69, 9.17) is 34.2 Å². The molecule has 0 radical (unpaired) electrons. The molecule has 0 spiro atoms. The van der Waals surface area contributed by atoms with Crippen LogP contribution < -0.4 is 0 Å². The summed E-state index contributed by atoms with van der Waals surface area (Å²) in [6.07, 6.45) is 7.30. The van der Waals surface area contributed by atoms with Crippen molar-refractivity contribution in [2.75, 3.05) is 0 Å². The van der Waals surface area contributed by atoms with E-state index in [9.17, 15) is 0 Å². The van der Waals surface area contributed by atoms with E-state index in [1.165, 1.54) is 0 Å². The molecule has 0 unspecified atom stereocenters. The van der Waals surface area contributed by atoms with Crippen molar-refractivity contribution in [2.45, 2.75) is 183 Å². The van der Waals surface area contributed by atoms with E-state index in [-0.39, 0.29) is 24.4 Å². The van der Waals surface area contributed by atoms with Gasteiger partial charge in [0.05, 0.1) is 0 Å². The Morgan fingerprint density at radius 3 is 0.675 bits per heavy atom. The van der Waals surface area contributed by atoms with Crippen molar-refractivity contribution in [2.24, 2.45) is 0 Å². The fraction of sp³-hybridized carbons (Fsp3) is 1.00. The first-order valence-corrected chi connectivity index (χ1v) is 24.0. The zero-order valence-corrected chi connectivity index (χ0v) is 32.1. The van der Waals surface area contributed by atoms with E-state index in [1.807, 2.05) is 55.4 Å². The minimum absolute atomic E-state index is 0.0918. The largest absolute Gasteiger partial charge is 0.486 e. The lowest BCUT2D eigenvalue weighted by Gasteiger charge is -2.51. The van der Waals surface area contributed by atoms with Crippen LogP contribution in [0.1, 0.15) is 134 Å². The summed E-state index contributed by atoms with van der Waals surface area (Å²) in [6.45, 7) is 25.1. The summed E-state index contributed by atoms with van der Waals surface area (Å²) < 4.78 is 56.6. The molecule has 0 aliphatic carbocycles. The van der Waals surface area contributed by atoms with Crippen LogP contribution in [-0.2, 0) is 34.2 Å².